The zero-order valence-corrected chi connectivity index (χ0v) is 12.7. The molecule has 4 nitrogen and oxygen atoms in total. The molecule has 104 valence electrons. The Bertz CT molecular complexity index is 571. The number of nitrogens with zero attached hydrogens (tertiary/aromatic N) is 1. The number of amides is 1. The number of benzene rings is 1. The minimum Gasteiger partial charge on any atom is -0.350 e. The summed E-state index contributed by atoms with van der Waals surface area (Å²) in [4.78, 5) is 15.9. The van der Waals surface area contributed by atoms with Gasteiger partial charge < -0.3 is 11.1 Å². The van der Waals surface area contributed by atoms with E-state index in [1.165, 1.54) is 0 Å². The van der Waals surface area contributed by atoms with E-state index >= 15 is 0 Å². The van der Waals surface area contributed by atoms with Crippen LogP contribution in [0.15, 0.2) is 18.2 Å². The van der Waals surface area contributed by atoms with Gasteiger partial charge in [-0.1, -0.05) is 11.6 Å². The first kappa shape index (κ1) is 16.2. The molecule has 0 saturated carbocycles. The van der Waals surface area contributed by atoms with Crippen LogP contribution in [-0.4, -0.2) is 16.9 Å². The van der Waals surface area contributed by atoms with E-state index < -0.39 is 0 Å². The van der Waals surface area contributed by atoms with Crippen molar-refractivity contribution in [3.05, 3.63) is 28.2 Å². The molecule has 19 heavy (non-hydrogen) atoms. The van der Waals surface area contributed by atoms with Gasteiger partial charge in [-0.25, -0.2) is 4.98 Å². The summed E-state index contributed by atoms with van der Waals surface area (Å²) in [5.41, 5.74) is 6.42. The first-order chi connectivity index (χ1) is 8.54. The van der Waals surface area contributed by atoms with Gasteiger partial charge in [0.05, 0.1) is 16.8 Å². The number of thiazole rings is 1. The fourth-order valence-electron chi connectivity index (χ4n) is 1.56. The van der Waals surface area contributed by atoms with Crippen molar-refractivity contribution in [1.82, 2.24) is 10.3 Å². The summed E-state index contributed by atoms with van der Waals surface area (Å²) < 4.78 is 1.07. The molecule has 0 bridgehead atoms. The molecule has 0 fully saturated rings. The van der Waals surface area contributed by atoms with Crippen LogP contribution < -0.4 is 11.1 Å². The van der Waals surface area contributed by atoms with Gasteiger partial charge in [-0.05, 0) is 25.1 Å². The SMILES string of the molecule is CC(N)CC(=O)NCc1nc2cc(Cl)ccc2s1.Cl. The summed E-state index contributed by atoms with van der Waals surface area (Å²) in [6.07, 6.45) is 0.330. The van der Waals surface area contributed by atoms with E-state index in [0.717, 1.165) is 15.2 Å². The third-order valence-corrected chi connectivity index (χ3v) is 3.61. The fourth-order valence-corrected chi connectivity index (χ4v) is 2.62. The van der Waals surface area contributed by atoms with E-state index in [4.69, 9.17) is 17.3 Å². The van der Waals surface area contributed by atoms with E-state index in [0.29, 0.717) is 18.0 Å². The molecule has 0 spiro atoms. The molecule has 0 aliphatic rings. The molecule has 1 aromatic heterocycles. The lowest BCUT2D eigenvalue weighted by Gasteiger charge is -2.04. The second-order valence-corrected chi connectivity index (χ2v) is 5.73. The van der Waals surface area contributed by atoms with Crippen molar-refractivity contribution in [3.8, 4) is 0 Å². The summed E-state index contributed by atoms with van der Waals surface area (Å²) in [5, 5.41) is 4.33. The molecule has 0 aliphatic carbocycles. The Morgan fingerprint density at radius 2 is 2.32 bits per heavy atom. The van der Waals surface area contributed by atoms with Crippen LogP contribution in [0.4, 0.5) is 0 Å². The van der Waals surface area contributed by atoms with Crippen LogP contribution in [0, 0.1) is 0 Å². The zero-order chi connectivity index (χ0) is 13.1. The van der Waals surface area contributed by atoms with Gasteiger partial charge in [-0.15, -0.1) is 23.7 Å². The molecule has 3 N–H and O–H groups in total. The van der Waals surface area contributed by atoms with Gasteiger partial charge in [0, 0.05) is 17.5 Å². The van der Waals surface area contributed by atoms with Gasteiger partial charge in [-0.2, -0.15) is 0 Å². The maximum Gasteiger partial charge on any atom is 0.221 e. The van der Waals surface area contributed by atoms with Crippen LogP contribution >= 0.6 is 35.3 Å². The highest BCUT2D eigenvalue weighted by atomic mass is 35.5. The first-order valence-corrected chi connectivity index (χ1v) is 6.81. The minimum atomic E-state index is -0.126. The van der Waals surface area contributed by atoms with Crippen molar-refractivity contribution in [2.45, 2.75) is 25.9 Å². The molecule has 2 aromatic rings. The number of aromatic nitrogens is 1. The standard InChI is InChI=1S/C12H14ClN3OS.ClH/c1-7(14)4-11(17)15-6-12-16-9-5-8(13)2-3-10(9)18-12;/h2-3,5,7H,4,6,14H2,1H3,(H,15,17);1H. The van der Waals surface area contributed by atoms with Crippen LogP contribution in [0.5, 0.6) is 0 Å². The van der Waals surface area contributed by atoms with Crippen molar-refractivity contribution in [3.63, 3.8) is 0 Å². The quantitative estimate of drug-likeness (QED) is 0.910. The molecular formula is C12H15Cl2N3OS. The average Bonchev–Trinajstić information content (AvgIpc) is 2.67. The van der Waals surface area contributed by atoms with Crippen LogP contribution in [-0.2, 0) is 11.3 Å². The van der Waals surface area contributed by atoms with Crippen LogP contribution in [0.1, 0.15) is 18.4 Å². The Balaban J connectivity index is 0.00000180. The van der Waals surface area contributed by atoms with Crippen molar-refractivity contribution in [1.29, 1.82) is 0 Å². The van der Waals surface area contributed by atoms with Gasteiger partial charge in [0.15, 0.2) is 0 Å². The molecule has 0 aliphatic heterocycles. The lowest BCUT2D eigenvalue weighted by Crippen LogP contribution is -2.29. The maximum absolute atomic E-state index is 11.5. The minimum absolute atomic E-state index is 0. The van der Waals surface area contributed by atoms with Crippen LogP contribution in [0.2, 0.25) is 5.02 Å². The normalized spacial score (nSPS) is 11.9. The molecule has 1 heterocycles. The Kier molecular flexibility index (Phi) is 6.00. The molecule has 1 atom stereocenters. The van der Waals surface area contributed by atoms with Crippen molar-refractivity contribution in [2.75, 3.05) is 0 Å². The Hall–Kier alpha value is -0.880. The molecule has 1 amide bonds. The summed E-state index contributed by atoms with van der Waals surface area (Å²) >= 11 is 7.44. The number of nitrogens with two attached hydrogens (primary N) is 1. The lowest BCUT2D eigenvalue weighted by atomic mass is 10.2. The molecule has 2 rings (SSSR count). The lowest BCUT2D eigenvalue weighted by molar-refractivity contribution is -0.121. The van der Waals surface area contributed by atoms with Gasteiger partial charge in [0.25, 0.3) is 0 Å². The second-order valence-electron chi connectivity index (χ2n) is 4.18. The molecule has 1 aromatic carbocycles. The number of hydrogen-bond acceptors (Lipinski definition) is 4. The van der Waals surface area contributed by atoms with Crippen molar-refractivity contribution < 1.29 is 4.79 Å². The molecule has 0 saturated heterocycles. The van der Waals surface area contributed by atoms with E-state index in [2.05, 4.69) is 10.3 Å². The fraction of sp³-hybridized carbons (Fsp3) is 0.333. The first-order valence-electron chi connectivity index (χ1n) is 5.62. The van der Waals surface area contributed by atoms with Crippen LogP contribution in [0.25, 0.3) is 10.2 Å². The summed E-state index contributed by atoms with van der Waals surface area (Å²) in [7, 11) is 0. The average molecular weight is 320 g/mol. The summed E-state index contributed by atoms with van der Waals surface area (Å²) in [6.45, 7) is 2.24. The highest BCUT2D eigenvalue weighted by molar-refractivity contribution is 7.18. The number of hydrogen-bond donors (Lipinski definition) is 2. The number of nitrogens with one attached hydrogen (secondary N) is 1. The topological polar surface area (TPSA) is 68.0 Å². The zero-order valence-electron chi connectivity index (χ0n) is 10.4. The van der Waals surface area contributed by atoms with E-state index in [1.54, 1.807) is 18.3 Å². The predicted molar refractivity (Wildman–Crippen MR) is 82.0 cm³/mol. The molecule has 0 radical (unpaired) electrons. The Morgan fingerprint density at radius 3 is 3.00 bits per heavy atom. The Morgan fingerprint density at radius 1 is 1.58 bits per heavy atom. The van der Waals surface area contributed by atoms with Crippen molar-refractivity contribution >= 4 is 51.5 Å². The van der Waals surface area contributed by atoms with E-state index in [-0.39, 0.29) is 24.4 Å². The number of carbonyl (C=O) groups is 1. The second kappa shape index (κ2) is 7.05. The molecular weight excluding hydrogens is 305 g/mol. The monoisotopic (exact) mass is 319 g/mol. The van der Waals surface area contributed by atoms with Gasteiger partial charge in [-0.3, -0.25) is 4.79 Å². The summed E-state index contributed by atoms with van der Waals surface area (Å²) in [6, 6.07) is 5.46. The van der Waals surface area contributed by atoms with Gasteiger partial charge >= 0.3 is 0 Å². The molecule has 7 heteroatoms. The predicted octanol–water partition coefficient (Wildman–Crippen LogP) is 2.73. The maximum atomic E-state index is 11.5. The number of rotatable bonds is 4. The summed E-state index contributed by atoms with van der Waals surface area (Å²) in [5.74, 6) is -0.0534. The smallest absolute Gasteiger partial charge is 0.221 e. The largest absolute Gasteiger partial charge is 0.350 e. The van der Waals surface area contributed by atoms with Crippen molar-refractivity contribution in [2.24, 2.45) is 5.73 Å². The highest BCUT2D eigenvalue weighted by Gasteiger charge is 2.07. The van der Waals surface area contributed by atoms with Crippen LogP contribution in [0.3, 0.4) is 0 Å². The number of fused-ring (bicyclic) bond motifs is 1. The van der Waals surface area contributed by atoms with E-state index in [9.17, 15) is 4.79 Å². The van der Waals surface area contributed by atoms with E-state index in [1.807, 2.05) is 18.2 Å². The molecule has 1 unspecified atom stereocenters. The van der Waals surface area contributed by atoms with Gasteiger partial charge in [0.1, 0.15) is 5.01 Å². The highest BCUT2D eigenvalue weighted by Crippen LogP contribution is 2.24. The van der Waals surface area contributed by atoms with Gasteiger partial charge in [0.2, 0.25) is 5.91 Å². The Labute approximate surface area is 126 Å². The number of carbonyl (C=O) groups excluding carboxylic acids is 1. The third-order valence-electron chi connectivity index (χ3n) is 2.34. The third kappa shape index (κ3) is 4.62. The number of halogens is 2.